The summed E-state index contributed by atoms with van der Waals surface area (Å²) < 4.78 is 7.05. The van der Waals surface area contributed by atoms with Gasteiger partial charge in [-0.2, -0.15) is 5.26 Å². The first kappa shape index (κ1) is 19.6. The van der Waals surface area contributed by atoms with Crippen LogP contribution in [0.15, 0.2) is 59.4 Å². The molecule has 2 aromatic carbocycles. The first-order valence-corrected chi connectivity index (χ1v) is 10.5. The average molecular weight is 431 g/mol. The van der Waals surface area contributed by atoms with Crippen molar-refractivity contribution >= 4 is 17.2 Å². The van der Waals surface area contributed by atoms with E-state index in [1.54, 1.807) is 12.1 Å². The van der Waals surface area contributed by atoms with Crippen LogP contribution >= 0.6 is 11.6 Å². The minimum atomic E-state index is -0.183. The number of benzene rings is 2. The SMILES string of the molecule is N#Cc1ccc(-c2cc(=O)n3[nH]c(C4CCOCC4)c(-c4ccc(Cl)cc4)c3n2)cc1. The smallest absolute Gasteiger partial charge is 0.273 e. The van der Waals surface area contributed by atoms with Crippen molar-refractivity contribution in [3.8, 4) is 28.5 Å². The van der Waals surface area contributed by atoms with E-state index in [4.69, 9.17) is 26.6 Å². The molecule has 0 aliphatic carbocycles. The van der Waals surface area contributed by atoms with Gasteiger partial charge < -0.3 is 4.74 Å². The van der Waals surface area contributed by atoms with E-state index in [0.29, 0.717) is 35.1 Å². The third-order valence-electron chi connectivity index (χ3n) is 5.72. The number of hydrogen-bond donors (Lipinski definition) is 1. The predicted molar refractivity (Wildman–Crippen MR) is 119 cm³/mol. The van der Waals surface area contributed by atoms with Crippen LogP contribution in [0.3, 0.4) is 0 Å². The zero-order chi connectivity index (χ0) is 21.4. The molecular weight excluding hydrogens is 412 g/mol. The number of halogens is 1. The van der Waals surface area contributed by atoms with Crippen molar-refractivity contribution in [2.45, 2.75) is 18.8 Å². The Morgan fingerprint density at radius 3 is 2.42 bits per heavy atom. The highest BCUT2D eigenvalue weighted by molar-refractivity contribution is 6.30. The standard InChI is InChI=1S/C24H19ClN4O2/c25-19-7-5-17(6-8-19)22-23(18-9-11-31-12-10-18)28-29-21(30)13-20(27-24(22)29)16-3-1-15(14-26)2-4-16/h1-8,13,18,28H,9-12H2. The Kier molecular flexibility index (Phi) is 5.06. The van der Waals surface area contributed by atoms with Crippen molar-refractivity contribution in [1.82, 2.24) is 14.6 Å². The van der Waals surface area contributed by atoms with E-state index in [-0.39, 0.29) is 11.5 Å². The number of nitriles is 1. The van der Waals surface area contributed by atoms with Gasteiger partial charge in [-0.15, -0.1) is 0 Å². The van der Waals surface area contributed by atoms with Gasteiger partial charge in [-0.05, 0) is 42.7 Å². The lowest BCUT2D eigenvalue weighted by molar-refractivity contribution is 0.0845. The molecule has 0 amide bonds. The molecule has 31 heavy (non-hydrogen) atoms. The zero-order valence-corrected chi connectivity index (χ0v) is 17.4. The second kappa shape index (κ2) is 8.03. The number of fused-ring (bicyclic) bond motifs is 1. The zero-order valence-electron chi connectivity index (χ0n) is 16.6. The van der Waals surface area contributed by atoms with Gasteiger partial charge in [-0.1, -0.05) is 35.9 Å². The summed E-state index contributed by atoms with van der Waals surface area (Å²) in [7, 11) is 0. The maximum Gasteiger partial charge on any atom is 0.273 e. The van der Waals surface area contributed by atoms with Gasteiger partial charge in [0.2, 0.25) is 0 Å². The molecule has 1 aliphatic rings. The van der Waals surface area contributed by atoms with Crippen LogP contribution in [0.2, 0.25) is 5.02 Å². The third-order valence-corrected chi connectivity index (χ3v) is 5.97. The minimum Gasteiger partial charge on any atom is -0.381 e. The Balaban J connectivity index is 1.74. The van der Waals surface area contributed by atoms with Gasteiger partial charge in [0.1, 0.15) is 0 Å². The Labute approximate surface area is 183 Å². The largest absolute Gasteiger partial charge is 0.381 e. The van der Waals surface area contributed by atoms with Crippen molar-refractivity contribution in [3.05, 3.63) is 81.2 Å². The first-order chi connectivity index (χ1) is 15.1. The van der Waals surface area contributed by atoms with E-state index in [1.165, 1.54) is 10.6 Å². The molecule has 0 spiro atoms. The summed E-state index contributed by atoms with van der Waals surface area (Å²) in [6, 6.07) is 18.3. The van der Waals surface area contributed by atoms with Crippen LogP contribution in [0.25, 0.3) is 28.0 Å². The lowest BCUT2D eigenvalue weighted by atomic mass is 9.91. The van der Waals surface area contributed by atoms with Crippen LogP contribution in [0.4, 0.5) is 0 Å². The molecule has 1 aliphatic heterocycles. The molecule has 5 rings (SSSR count). The van der Waals surface area contributed by atoms with Crippen LogP contribution in [0.5, 0.6) is 0 Å². The molecule has 1 N–H and O–H groups in total. The molecule has 4 aromatic rings. The Bertz CT molecular complexity index is 1340. The van der Waals surface area contributed by atoms with Gasteiger partial charge in [0.15, 0.2) is 5.65 Å². The van der Waals surface area contributed by atoms with Crippen molar-refractivity contribution in [3.63, 3.8) is 0 Å². The monoisotopic (exact) mass is 430 g/mol. The van der Waals surface area contributed by atoms with Crippen molar-refractivity contribution in [2.75, 3.05) is 13.2 Å². The number of rotatable bonds is 3. The van der Waals surface area contributed by atoms with Gasteiger partial charge >= 0.3 is 0 Å². The van der Waals surface area contributed by atoms with E-state index >= 15 is 0 Å². The molecule has 6 nitrogen and oxygen atoms in total. The molecule has 1 fully saturated rings. The molecular formula is C24H19ClN4O2. The predicted octanol–water partition coefficient (Wildman–Crippen LogP) is 4.78. The number of aromatic nitrogens is 3. The highest BCUT2D eigenvalue weighted by atomic mass is 35.5. The lowest BCUT2D eigenvalue weighted by Crippen LogP contribution is -2.17. The maximum atomic E-state index is 13.0. The van der Waals surface area contributed by atoms with Crippen molar-refractivity contribution < 1.29 is 4.74 Å². The van der Waals surface area contributed by atoms with E-state index in [2.05, 4.69) is 11.2 Å². The van der Waals surface area contributed by atoms with E-state index in [0.717, 1.165) is 35.2 Å². The first-order valence-electron chi connectivity index (χ1n) is 10.1. The van der Waals surface area contributed by atoms with Crippen LogP contribution in [0, 0.1) is 11.3 Å². The van der Waals surface area contributed by atoms with Gasteiger partial charge in [0.25, 0.3) is 5.56 Å². The Morgan fingerprint density at radius 1 is 1.06 bits per heavy atom. The molecule has 0 radical (unpaired) electrons. The number of nitrogens with zero attached hydrogens (tertiary/aromatic N) is 3. The summed E-state index contributed by atoms with van der Waals surface area (Å²) in [6.45, 7) is 1.39. The van der Waals surface area contributed by atoms with Crippen LogP contribution in [-0.2, 0) is 4.74 Å². The normalized spacial score (nSPS) is 14.6. The fourth-order valence-electron chi connectivity index (χ4n) is 4.10. The topological polar surface area (TPSA) is 83.2 Å². The number of hydrogen-bond acceptors (Lipinski definition) is 4. The summed E-state index contributed by atoms with van der Waals surface area (Å²) in [5.41, 5.74) is 5.17. The highest BCUT2D eigenvalue weighted by Crippen LogP contribution is 2.37. The molecule has 1 saturated heterocycles. The van der Waals surface area contributed by atoms with Crippen LogP contribution < -0.4 is 5.56 Å². The summed E-state index contributed by atoms with van der Waals surface area (Å²) in [5, 5.41) is 13.0. The second-order valence-corrected chi connectivity index (χ2v) is 8.06. The second-order valence-electron chi connectivity index (χ2n) is 7.62. The van der Waals surface area contributed by atoms with E-state index in [9.17, 15) is 4.79 Å². The molecule has 0 bridgehead atoms. The average Bonchev–Trinajstić information content (AvgIpc) is 3.20. The minimum absolute atomic E-state index is 0.183. The maximum absolute atomic E-state index is 13.0. The summed E-state index contributed by atoms with van der Waals surface area (Å²) in [5.74, 6) is 0.249. The molecule has 0 saturated carbocycles. The molecule has 154 valence electrons. The molecule has 7 heteroatoms. The van der Waals surface area contributed by atoms with Crippen molar-refractivity contribution in [1.29, 1.82) is 5.26 Å². The van der Waals surface area contributed by atoms with Crippen LogP contribution in [0.1, 0.15) is 30.0 Å². The molecule has 2 aromatic heterocycles. The highest BCUT2D eigenvalue weighted by Gasteiger charge is 2.25. The quantitative estimate of drug-likeness (QED) is 0.507. The summed E-state index contributed by atoms with van der Waals surface area (Å²) in [4.78, 5) is 17.9. The molecule has 3 heterocycles. The van der Waals surface area contributed by atoms with Crippen LogP contribution in [-0.4, -0.2) is 27.8 Å². The number of aromatic amines is 1. The fraction of sp³-hybridized carbons (Fsp3) is 0.208. The number of H-pyrrole nitrogens is 1. The summed E-state index contributed by atoms with van der Waals surface area (Å²) in [6.07, 6.45) is 1.76. The fourth-order valence-corrected chi connectivity index (χ4v) is 4.23. The summed E-state index contributed by atoms with van der Waals surface area (Å²) >= 11 is 6.12. The van der Waals surface area contributed by atoms with Gasteiger partial charge in [-0.3, -0.25) is 9.89 Å². The van der Waals surface area contributed by atoms with E-state index < -0.39 is 0 Å². The van der Waals surface area contributed by atoms with Gasteiger partial charge in [0.05, 0.1) is 17.3 Å². The third kappa shape index (κ3) is 3.63. The molecule has 0 atom stereocenters. The Hall–Kier alpha value is -3.40. The van der Waals surface area contributed by atoms with Gasteiger partial charge in [0, 0.05) is 47.0 Å². The van der Waals surface area contributed by atoms with E-state index in [1.807, 2.05) is 36.4 Å². The molecule has 0 unspecified atom stereocenters. The van der Waals surface area contributed by atoms with Crippen molar-refractivity contribution in [2.24, 2.45) is 0 Å². The Morgan fingerprint density at radius 2 is 1.74 bits per heavy atom. The van der Waals surface area contributed by atoms with Gasteiger partial charge in [-0.25, -0.2) is 9.50 Å². The number of ether oxygens (including phenoxy) is 1. The number of nitrogens with one attached hydrogen (secondary N) is 1. The lowest BCUT2D eigenvalue weighted by Gasteiger charge is -2.22.